The number of nitrogens with two attached hydrogens (primary N) is 1. The van der Waals surface area contributed by atoms with Crippen molar-refractivity contribution in [1.29, 1.82) is 5.41 Å². The highest BCUT2D eigenvalue weighted by atomic mass is 35.5. The van der Waals surface area contributed by atoms with Crippen LogP contribution in [0, 0.1) is 19.3 Å². The van der Waals surface area contributed by atoms with Crippen LogP contribution in [0.5, 0.6) is 5.75 Å². The first-order valence-electron chi connectivity index (χ1n) is 6.31. The van der Waals surface area contributed by atoms with Crippen LogP contribution in [0.2, 0.25) is 5.02 Å². The molecule has 0 atom stereocenters. The smallest absolute Gasteiger partial charge is 0.132 e. The van der Waals surface area contributed by atoms with E-state index in [4.69, 9.17) is 27.5 Å². The summed E-state index contributed by atoms with van der Waals surface area (Å²) in [5.74, 6) is 0.444. The summed E-state index contributed by atoms with van der Waals surface area (Å²) in [6, 6.07) is 11.4. The van der Waals surface area contributed by atoms with Gasteiger partial charge in [-0.25, -0.2) is 0 Å². The van der Waals surface area contributed by atoms with Gasteiger partial charge in [-0.2, -0.15) is 0 Å². The fraction of sp³-hybridized carbons (Fsp3) is 0.188. The Labute approximate surface area is 123 Å². The zero-order valence-electron chi connectivity index (χ0n) is 11.5. The second-order valence-electron chi connectivity index (χ2n) is 4.69. The maximum atomic E-state index is 7.60. The number of ether oxygens (including phenoxy) is 1. The zero-order valence-corrected chi connectivity index (χ0v) is 12.3. The van der Waals surface area contributed by atoms with Crippen molar-refractivity contribution in [2.24, 2.45) is 5.73 Å². The number of hydrogen-bond donors (Lipinski definition) is 2. The van der Waals surface area contributed by atoms with Gasteiger partial charge in [0.25, 0.3) is 0 Å². The Morgan fingerprint density at radius 2 is 1.75 bits per heavy atom. The summed E-state index contributed by atoms with van der Waals surface area (Å²) < 4.78 is 5.82. The lowest BCUT2D eigenvalue weighted by atomic mass is 10.0. The molecule has 0 heterocycles. The van der Waals surface area contributed by atoms with Crippen LogP contribution in [0.3, 0.4) is 0 Å². The summed E-state index contributed by atoms with van der Waals surface area (Å²) in [5.41, 5.74) is 9.50. The lowest BCUT2D eigenvalue weighted by molar-refractivity contribution is 0.304. The summed E-state index contributed by atoms with van der Waals surface area (Å²) in [6.45, 7) is 4.53. The molecule has 0 fully saturated rings. The molecule has 0 spiro atoms. The number of aryl methyl sites for hydroxylation is 2. The third-order valence-electron chi connectivity index (χ3n) is 3.26. The summed E-state index contributed by atoms with van der Waals surface area (Å²) >= 11 is 6.07. The Balaban J connectivity index is 2.28. The van der Waals surface area contributed by atoms with Crippen LogP contribution in [0.25, 0.3) is 0 Å². The van der Waals surface area contributed by atoms with Gasteiger partial charge in [-0.1, -0.05) is 35.9 Å². The molecule has 0 aliphatic rings. The Kier molecular flexibility index (Phi) is 4.30. The number of amidine groups is 1. The molecule has 3 N–H and O–H groups in total. The van der Waals surface area contributed by atoms with Gasteiger partial charge in [0.2, 0.25) is 0 Å². The molecule has 0 radical (unpaired) electrons. The van der Waals surface area contributed by atoms with Crippen molar-refractivity contribution >= 4 is 17.4 Å². The molecule has 3 nitrogen and oxygen atoms in total. The first-order valence-corrected chi connectivity index (χ1v) is 6.69. The quantitative estimate of drug-likeness (QED) is 0.664. The van der Waals surface area contributed by atoms with Crippen molar-refractivity contribution in [3.05, 3.63) is 63.7 Å². The summed E-state index contributed by atoms with van der Waals surface area (Å²) in [7, 11) is 0. The number of nitrogens with one attached hydrogen (secondary N) is 1. The fourth-order valence-corrected chi connectivity index (χ4v) is 2.38. The van der Waals surface area contributed by atoms with E-state index in [1.54, 1.807) is 18.2 Å². The first kappa shape index (κ1) is 14.4. The molecule has 2 aromatic rings. The van der Waals surface area contributed by atoms with E-state index in [0.717, 1.165) is 5.56 Å². The third-order valence-corrected chi connectivity index (χ3v) is 3.58. The van der Waals surface area contributed by atoms with Crippen molar-refractivity contribution in [3.8, 4) is 5.75 Å². The lowest BCUT2D eigenvalue weighted by Crippen LogP contribution is -2.14. The minimum Gasteiger partial charge on any atom is -0.488 e. The molecular formula is C16H17ClN2O. The van der Waals surface area contributed by atoms with Crippen LogP contribution < -0.4 is 10.5 Å². The molecule has 2 aromatic carbocycles. The van der Waals surface area contributed by atoms with Crippen LogP contribution in [0.1, 0.15) is 22.3 Å². The Bertz CT molecular complexity index is 633. The largest absolute Gasteiger partial charge is 0.488 e. The molecule has 4 heteroatoms. The molecule has 0 unspecified atom stereocenters. The Morgan fingerprint density at radius 3 is 2.35 bits per heavy atom. The van der Waals surface area contributed by atoms with Crippen LogP contribution in [-0.2, 0) is 6.61 Å². The van der Waals surface area contributed by atoms with Gasteiger partial charge < -0.3 is 10.5 Å². The highest BCUT2D eigenvalue weighted by Gasteiger charge is 2.12. The summed E-state index contributed by atoms with van der Waals surface area (Å²) in [6.07, 6.45) is 0. The number of nitrogen functional groups attached to an aromatic ring is 1. The molecule has 0 aromatic heterocycles. The topological polar surface area (TPSA) is 59.1 Å². The second-order valence-corrected chi connectivity index (χ2v) is 5.09. The number of rotatable bonds is 4. The molecule has 0 amide bonds. The predicted molar refractivity (Wildman–Crippen MR) is 82.7 cm³/mol. The maximum absolute atomic E-state index is 7.60. The van der Waals surface area contributed by atoms with E-state index in [1.165, 1.54) is 11.1 Å². The van der Waals surface area contributed by atoms with Gasteiger partial charge in [0.15, 0.2) is 0 Å². The van der Waals surface area contributed by atoms with Gasteiger partial charge in [-0.05, 0) is 42.7 Å². The van der Waals surface area contributed by atoms with E-state index in [2.05, 4.69) is 26.0 Å². The van der Waals surface area contributed by atoms with Crippen molar-refractivity contribution in [2.45, 2.75) is 20.5 Å². The minimum atomic E-state index is -0.0906. The van der Waals surface area contributed by atoms with Crippen molar-refractivity contribution < 1.29 is 4.74 Å². The SMILES string of the molecule is Cc1cccc(C)c1COc1cccc(Cl)c1C(=N)N. The lowest BCUT2D eigenvalue weighted by Gasteiger charge is -2.14. The highest BCUT2D eigenvalue weighted by Crippen LogP contribution is 2.27. The van der Waals surface area contributed by atoms with Crippen LogP contribution >= 0.6 is 11.6 Å². The molecule has 0 bridgehead atoms. The predicted octanol–water partition coefficient (Wildman–Crippen LogP) is 3.82. The van der Waals surface area contributed by atoms with Gasteiger partial charge in [0.05, 0.1) is 10.6 Å². The van der Waals surface area contributed by atoms with Crippen molar-refractivity contribution in [3.63, 3.8) is 0 Å². The molecule has 20 heavy (non-hydrogen) atoms. The van der Waals surface area contributed by atoms with Crippen molar-refractivity contribution in [1.82, 2.24) is 0 Å². The molecule has 0 aliphatic heterocycles. The molecule has 0 saturated heterocycles. The van der Waals surface area contributed by atoms with Crippen molar-refractivity contribution in [2.75, 3.05) is 0 Å². The molecular weight excluding hydrogens is 272 g/mol. The maximum Gasteiger partial charge on any atom is 0.132 e. The summed E-state index contributed by atoms with van der Waals surface area (Å²) in [5, 5.41) is 8.03. The van der Waals surface area contributed by atoms with Crippen LogP contribution in [-0.4, -0.2) is 5.84 Å². The van der Waals surface area contributed by atoms with Gasteiger partial charge in [-0.3, -0.25) is 5.41 Å². The van der Waals surface area contributed by atoms with Gasteiger partial charge in [-0.15, -0.1) is 0 Å². The van der Waals surface area contributed by atoms with E-state index < -0.39 is 0 Å². The van der Waals surface area contributed by atoms with E-state index in [1.807, 2.05) is 6.07 Å². The Hall–Kier alpha value is -2.00. The normalized spacial score (nSPS) is 10.3. The number of halogens is 1. The molecule has 0 saturated carbocycles. The average molecular weight is 289 g/mol. The van der Waals surface area contributed by atoms with E-state index >= 15 is 0 Å². The number of benzene rings is 2. The number of hydrogen-bond acceptors (Lipinski definition) is 2. The Morgan fingerprint density at radius 1 is 1.15 bits per heavy atom. The average Bonchev–Trinajstić information content (AvgIpc) is 2.37. The van der Waals surface area contributed by atoms with Crippen LogP contribution in [0.15, 0.2) is 36.4 Å². The zero-order chi connectivity index (χ0) is 14.7. The first-order chi connectivity index (χ1) is 9.50. The molecule has 2 rings (SSSR count). The van der Waals surface area contributed by atoms with Gasteiger partial charge >= 0.3 is 0 Å². The monoisotopic (exact) mass is 288 g/mol. The second kappa shape index (κ2) is 5.97. The van der Waals surface area contributed by atoms with E-state index in [-0.39, 0.29) is 5.84 Å². The molecule has 104 valence electrons. The van der Waals surface area contributed by atoms with Gasteiger partial charge in [0, 0.05) is 0 Å². The third kappa shape index (κ3) is 2.94. The van der Waals surface area contributed by atoms with E-state index in [0.29, 0.717) is 22.9 Å². The fourth-order valence-electron chi connectivity index (χ4n) is 2.11. The standard InChI is InChI=1S/C16H17ClN2O/c1-10-5-3-6-11(2)12(10)9-20-14-8-4-7-13(17)15(14)16(18)19/h3-8H,9H2,1-2H3,(H3,18,19). The highest BCUT2D eigenvalue weighted by molar-refractivity contribution is 6.34. The molecule has 0 aliphatic carbocycles. The summed E-state index contributed by atoms with van der Waals surface area (Å²) in [4.78, 5) is 0. The van der Waals surface area contributed by atoms with Crippen LogP contribution in [0.4, 0.5) is 0 Å². The minimum absolute atomic E-state index is 0.0906. The van der Waals surface area contributed by atoms with Gasteiger partial charge in [0.1, 0.15) is 18.2 Å². The van der Waals surface area contributed by atoms with E-state index in [9.17, 15) is 0 Å².